The first-order valence-corrected chi connectivity index (χ1v) is 3.56. The zero-order valence-electron chi connectivity index (χ0n) is 6.89. The van der Waals surface area contributed by atoms with Crippen LogP contribution in [0.2, 0.25) is 0 Å². The van der Waals surface area contributed by atoms with Gasteiger partial charge in [-0.25, -0.2) is 0 Å². The molecule has 0 spiro atoms. The molecule has 0 saturated heterocycles. The van der Waals surface area contributed by atoms with Gasteiger partial charge in [0.25, 0.3) is 0 Å². The van der Waals surface area contributed by atoms with Crippen molar-refractivity contribution in [3.8, 4) is 0 Å². The minimum atomic E-state index is 0.533. The molecule has 0 aliphatic rings. The lowest BCUT2D eigenvalue weighted by molar-refractivity contribution is 0.832. The second-order valence-corrected chi connectivity index (χ2v) is 2.56. The van der Waals surface area contributed by atoms with E-state index < -0.39 is 0 Å². The normalized spacial score (nSPS) is 12.0. The van der Waals surface area contributed by atoms with Crippen molar-refractivity contribution in [3.63, 3.8) is 0 Å². The summed E-state index contributed by atoms with van der Waals surface area (Å²) in [5, 5.41) is 7.31. The number of hydrogen-bond acceptors (Lipinski definition) is 1. The predicted octanol–water partition coefficient (Wildman–Crippen LogP) is 2.79. The van der Waals surface area contributed by atoms with Gasteiger partial charge in [-0.15, -0.1) is 0 Å². The molecule has 0 unspecified atom stereocenters. The van der Waals surface area contributed by atoms with Crippen molar-refractivity contribution in [3.05, 3.63) is 24.3 Å². The second kappa shape index (κ2) is 4.98. The first-order chi connectivity index (χ1) is 4.66. The van der Waals surface area contributed by atoms with Gasteiger partial charge >= 0.3 is 0 Å². The van der Waals surface area contributed by atoms with Crippen LogP contribution in [0.5, 0.6) is 0 Å². The molecule has 0 saturated carbocycles. The largest absolute Gasteiger partial charge is 0.301 e. The summed E-state index contributed by atoms with van der Waals surface area (Å²) in [5.74, 6) is 0.533. The molecule has 1 nitrogen and oxygen atoms in total. The van der Waals surface area contributed by atoms with Gasteiger partial charge in [0.2, 0.25) is 0 Å². The molecule has 0 amide bonds. The molecule has 0 aromatic heterocycles. The molecule has 56 valence electrons. The fourth-order valence-corrected chi connectivity index (χ4v) is 0.531. The summed E-state index contributed by atoms with van der Waals surface area (Å²) >= 11 is 0. The van der Waals surface area contributed by atoms with Gasteiger partial charge in [0, 0.05) is 0 Å². The number of nitrogens with one attached hydrogen (secondary N) is 1. The van der Waals surface area contributed by atoms with Crippen molar-refractivity contribution in [1.82, 2.24) is 0 Å². The molecule has 10 heavy (non-hydrogen) atoms. The van der Waals surface area contributed by atoms with Crippen LogP contribution in [0.3, 0.4) is 0 Å². The van der Waals surface area contributed by atoms with Crippen LogP contribution in [-0.4, -0.2) is 5.71 Å². The smallest absolute Gasteiger partial charge is 0.0533 e. The monoisotopic (exact) mass is 137 g/mol. The SMILES string of the molecule is C/C=C/C(=N)/C=C/C(C)C. The van der Waals surface area contributed by atoms with Gasteiger partial charge in [-0.3, -0.25) is 0 Å². The highest BCUT2D eigenvalue weighted by Crippen LogP contribution is 1.93. The van der Waals surface area contributed by atoms with Gasteiger partial charge in [0.05, 0.1) is 5.71 Å². The first-order valence-electron chi connectivity index (χ1n) is 3.56. The van der Waals surface area contributed by atoms with E-state index in [4.69, 9.17) is 5.41 Å². The summed E-state index contributed by atoms with van der Waals surface area (Å²) in [6, 6.07) is 0. The van der Waals surface area contributed by atoms with Crippen LogP contribution in [0.4, 0.5) is 0 Å². The van der Waals surface area contributed by atoms with Gasteiger partial charge in [0.15, 0.2) is 0 Å². The predicted molar refractivity (Wildman–Crippen MR) is 46.5 cm³/mol. The molecule has 0 radical (unpaired) electrons. The lowest BCUT2D eigenvalue weighted by atomic mass is 10.2. The summed E-state index contributed by atoms with van der Waals surface area (Å²) in [7, 11) is 0. The molecular weight excluding hydrogens is 122 g/mol. The standard InChI is InChI=1S/C9H15N/c1-4-5-9(10)7-6-8(2)3/h4-8,10H,1-3H3/b5-4+,7-6+,10-9?. The fraction of sp³-hybridized carbons (Fsp3) is 0.444. The second-order valence-electron chi connectivity index (χ2n) is 2.56. The minimum Gasteiger partial charge on any atom is -0.301 e. The van der Waals surface area contributed by atoms with E-state index in [1.54, 1.807) is 6.08 Å². The lowest BCUT2D eigenvalue weighted by Gasteiger charge is -1.91. The molecule has 0 heterocycles. The topological polar surface area (TPSA) is 23.9 Å². The van der Waals surface area contributed by atoms with Gasteiger partial charge in [-0.2, -0.15) is 0 Å². The van der Waals surface area contributed by atoms with Crippen LogP contribution in [0.15, 0.2) is 24.3 Å². The van der Waals surface area contributed by atoms with Gasteiger partial charge in [-0.05, 0) is 25.0 Å². The summed E-state index contributed by atoms with van der Waals surface area (Å²) in [5.41, 5.74) is 0.566. The molecule has 0 atom stereocenters. The Balaban J connectivity index is 3.78. The van der Waals surface area contributed by atoms with Crippen molar-refractivity contribution in [2.75, 3.05) is 0 Å². The Labute approximate surface area is 63.0 Å². The van der Waals surface area contributed by atoms with E-state index in [9.17, 15) is 0 Å². The van der Waals surface area contributed by atoms with Crippen molar-refractivity contribution in [2.24, 2.45) is 5.92 Å². The third-order valence-electron chi connectivity index (χ3n) is 1.01. The molecule has 0 aromatic carbocycles. The Bertz CT molecular complexity index is 152. The molecular formula is C9H15N. The lowest BCUT2D eigenvalue weighted by Crippen LogP contribution is -1.85. The van der Waals surface area contributed by atoms with Crippen LogP contribution in [0, 0.1) is 11.3 Å². The maximum Gasteiger partial charge on any atom is 0.0533 e. The molecule has 0 aliphatic heterocycles. The van der Waals surface area contributed by atoms with Crippen LogP contribution < -0.4 is 0 Å². The third-order valence-corrected chi connectivity index (χ3v) is 1.01. The third kappa shape index (κ3) is 5.29. The van der Waals surface area contributed by atoms with E-state index in [2.05, 4.69) is 13.8 Å². The summed E-state index contributed by atoms with van der Waals surface area (Å²) in [4.78, 5) is 0. The van der Waals surface area contributed by atoms with E-state index in [1.165, 1.54) is 0 Å². The Morgan fingerprint density at radius 3 is 2.30 bits per heavy atom. The average Bonchev–Trinajstić information content (AvgIpc) is 1.85. The number of allylic oxidation sites excluding steroid dienone is 4. The summed E-state index contributed by atoms with van der Waals surface area (Å²) < 4.78 is 0. The van der Waals surface area contributed by atoms with Gasteiger partial charge in [0.1, 0.15) is 0 Å². The average molecular weight is 137 g/mol. The molecule has 0 bridgehead atoms. The highest BCUT2D eigenvalue weighted by Gasteiger charge is 1.84. The maximum atomic E-state index is 7.31. The Hall–Kier alpha value is -0.850. The molecule has 0 fully saturated rings. The van der Waals surface area contributed by atoms with Crippen molar-refractivity contribution in [1.29, 1.82) is 5.41 Å². The Morgan fingerprint density at radius 2 is 1.90 bits per heavy atom. The van der Waals surface area contributed by atoms with Gasteiger partial charge < -0.3 is 5.41 Å². The van der Waals surface area contributed by atoms with Crippen molar-refractivity contribution in [2.45, 2.75) is 20.8 Å². The van der Waals surface area contributed by atoms with Crippen molar-refractivity contribution < 1.29 is 0 Å². The van der Waals surface area contributed by atoms with E-state index in [0.717, 1.165) is 0 Å². The molecule has 0 rings (SSSR count). The number of rotatable bonds is 3. The van der Waals surface area contributed by atoms with Crippen LogP contribution in [0.1, 0.15) is 20.8 Å². The highest BCUT2D eigenvalue weighted by atomic mass is 14.4. The van der Waals surface area contributed by atoms with Crippen LogP contribution in [0.25, 0.3) is 0 Å². The molecule has 1 heteroatoms. The fourth-order valence-electron chi connectivity index (χ4n) is 0.531. The zero-order chi connectivity index (χ0) is 7.98. The maximum absolute atomic E-state index is 7.31. The van der Waals surface area contributed by atoms with Crippen LogP contribution >= 0.6 is 0 Å². The van der Waals surface area contributed by atoms with E-state index in [1.807, 2.05) is 25.2 Å². The molecule has 0 aromatic rings. The Morgan fingerprint density at radius 1 is 1.30 bits per heavy atom. The Kier molecular flexibility index (Phi) is 4.55. The summed E-state index contributed by atoms with van der Waals surface area (Å²) in [6.45, 7) is 6.11. The van der Waals surface area contributed by atoms with E-state index >= 15 is 0 Å². The van der Waals surface area contributed by atoms with Gasteiger partial charge in [-0.1, -0.05) is 26.0 Å². The molecule has 0 aliphatic carbocycles. The number of hydrogen-bond donors (Lipinski definition) is 1. The first kappa shape index (κ1) is 9.15. The zero-order valence-corrected chi connectivity index (χ0v) is 6.89. The minimum absolute atomic E-state index is 0.533. The van der Waals surface area contributed by atoms with Crippen LogP contribution in [-0.2, 0) is 0 Å². The summed E-state index contributed by atoms with van der Waals surface area (Å²) in [6.07, 6.45) is 7.48. The van der Waals surface area contributed by atoms with E-state index in [-0.39, 0.29) is 0 Å². The van der Waals surface area contributed by atoms with Crippen molar-refractivity contribution >= 4 is 5.71 Å². The highest BCUT2D eigenvalue weighted by molar-refractivity contribution is 6.01. The quantitative estimate of drug-likeness (QED) is 0.578. The molecule has 1 N–H and O–H groups in total. The van der Waals surface area contributed by atoms with E-state index in [0.29, 0.717) is 11.6 Å².